The van der Waals surface area contributed by atoms with Crippen molar-refractivity contribution in [1.82, 2.24) is 15.8 Å². The van der Waals surface area contributed by atoms with E-state index >= 15 is 0 Å². The van der Waals surface area contributed by atoms with Crippen LogP contribution in [0.25, 0.3) is 0 Å². The SMILES string of the molecule is CCOC(OCC)C1CC(c2ccccn2)NN1. The summed E-state index contributed by atoms with van der Waals surface area (Å²) in [6.07, 6.45) is 2.51. The summed E-state index contributed by atoms with van der Waals surface area (Å²) in [4.78, 5) is 4.36. The molecule has 1 aromatic rings. The van der Waals surface area contributed by atoms with Crippen LogP contribution in [0.5, 0.6) is 0 Å². The third kappa shape index (κ3) is 3.26. The summed E-state index contributed by atoms with van der Waals surface area (Å²) in [5, 5.41) is 0. The monoisotopic (exact) mass is 251 g/mol. The van der Waals surface area contributed by atoms with Gasteiger partial charge in [-0.2, -0.15) is 0 Å². The van der Waals surface area contributed by atoms with Crippen molar-refractivity contribution in [3.05, 3.63) is 30.1 Å². The number of hydrogen-bond acceptors (Lipinski definition) is 5. The van der Waals surface area contributed by atoms with Gasteiger partial charge in [0.25, 0.3) is 0 Å². The number of nitrogens with zero attached hydrogens (tertiary/aromatic N) is 1. The lowest BCUT2D eigenvalue weighted by atomic mass is 10.1. The quantitative estimate of drug-likeness (QED) is 0.748. The highest BCUT2D eigenvalue weighted by atomic mass is 16.7. The van der Waals surface area contributed by atoms with Crippen molar-refractivity contribution in [2.24, 2.45) is 0 Å². The van der Waals surface area contributed by atoms with Crippen LogP contribution in [0.1, 0.15) is 32.0 Å². The van der Waals surface area contributed by atoms with Gasteiger partial charge in [-0.3, -0.25) is 4.98 Å². The molecule has 2 atom stereocenters. The largest absolute Gasteiger partial charge is 0.351 e. The summed E-state index contributed by atoms with van der Waals surface area (Å²) >= 11 is 0. The van der Waals surface area contributed by atoms with E-state index < -0.39 is 0 Å². The fraction of sp³-hybridized carbons (Fsp3) is 0.615. The summed E-state index contributed by atoms with van der Waals surface area (Å²) in [5.41, 5.74) is 7.52. The van der Waals surface area contributed by atoms with Gasteiger partial charge in [-0.05, 0) is 32.4 Å². The molecule has 0 radical (unpaired) electrons. The molecule has 2 unspecified atom stereocenters. The van der Waals surface area contributed by atoms with Crippen molar-refractivity contribution in [2.45, 2.75) is 38.6 Å². The van der Waals surface area contributed by atoms with Gasteiger partial charge < -0.3 is 9.47 Å². The molecule has 2 heterocycles. The van der Waals surface area contributed by atoms with Crippen LogP contribution < -0.4 is 10.9 Å². The Morgan fingerprint density at radius 2 is 2.06 bits per heavy atom. The zero-order valence-electron chi connectivity index (χ0n) is 10.9. The number of hydrogen-bond donors (Lipinski definition) is 2. The van der Waals surface area contributed by atoms with E-state index in [9.17, 15) is 0 Å². The van der Waals surface area contributed by atoms with Crippen molar-refractivity contribution in [3.8, 4) is 0 Å². The van der Waals surface area contributed by atoms with Crippen LogP contribution in [0, 0.1) is 0 Å². The Labute approximate surface area is 108 Å². The number of pyridine rings is 1. The number of hydrazine groups is 1. The van der Waals surface area contributed by atoms with Crippen LogP contribution >= 0.6 is 0 Å². The van der Waals surface area contributed by atoms with Gasteiger partial charge in [0.15, 0.2) is 6.29 Å². The third-order valence-corrected chi connectivity index (χ3v) is 2.97. The van der Waals surface area contributed by atoms with Crippen molar-refractivity contribution < 1.29 is 9.47 Å². The highest BCUT2D eigenvalue weighted by Gasteiger charge is 2.32. The third-order valence-electron chi connectivity index (χ3n) is 2.97. The van der Waals surface area contributed by atoms with Crippen LogP contribution in [-0.2, 0) is 9.47 Å². The molecule has 1 aliphatic heterocycles. The molecule has 1 aliphatic rings. The van der Waals surface area contributed by atoms with Gasteiger partial charge in [0.05, 0.1) is 17.8 Å². The van der Waals surface area contributed by atoms with E-state index in [0.717, 1.165) is 12.1 Å². The molecule has 0 spiro atoms. The van der Waals surface area contributed by atoms with Crippen molar-refractivity contribution in [3.63, 3.8) is 0 Å². The van der Waals surface area contributed by atoms with Crippen LogP contribution in [-0.4, -0.2) is 30.5 Å². The number of aromatic nitrogens is 1. The Morgan fingerprint density at radius 1 is 1.28 bits per heavy atom. The lowest BCUT2D eigenvalue weighted by molar-refractivity contribution is -0.152. The zero-order valence-corrected chi connectivity index (χ0v) is 10.9. The molecule has 0 amide bonds. The van der Waals surface area contributed by atoms with Gasteiger partial charge in [-0.25, -0.2) is 10.9 Å². The Balaban J connectivity index is 1.94. The fourth-order valence-electron chi connectivity index (χ4n) is 2.14. The average Bonchev–Trinajstić information content (AvgIpc) is 2.89. The lowest BCUT2D eigenvalue weighted by Gasteiger charge is -2.22. The van der Waals surface area contributed by atoms with Crippen molar-refractivity contribution in [1.29, 1.82) is 0 Å². The van der Waals surface area contributed by atoms with Gasteiger partial charge in [-0.1, -0.05) is 6.07 Å². The zero-order chi connectivity index (χ0) is 12.8. The molecule has 5 nitrogen and oxygen atoms in total. The molecule has 100 valence electrons. The van der Waals surface area contributed by atoms with Crippen LogP contribution in [0.3, 0.4) is 0 Å². The van der Waals surface area contributed by atoms with Crippen LogP contribution in [0.2, 0.25) is 0 Å². The second-order valence-electron chi connectivity index (χ2n) is 4.22. The Bertz CT molecular complexity index is 341. The molecule has 2 N–H and O–H groups in total. The minimum atomic E-state index is -0.207. The van der Waals surface area contributed by atoms with Gasteiger partial charge in [-0.15, -0.1) is 0 Å². The molecule has 1 fully saturated rings. The predicted octanol–water partition coefficient (Wildman–Crippen LogP) is 1.39. The van der Waals surface area contributed by atoms with E-state index in [2.05, 4.69) is 15.8 Å². The Morgan fingerprint density at radius 3 is 2.67 bits per heavy atom. The maximum Gasteiger partial charge on any atom is 0.174 e. The summed E-state index contributed by atoms with van der Waals surface area (Å²) in [6.45, 7) is 5.25. The van der Waals surface area contributed by atoms with E-state index in [4.69, 9.17) is 9.47 Å². The van der Waals surface area contributed by atoms with Gasteiger partial charge in [0, 0.05) is 19.4 Å². The van der Waals surface area contributed by atoms with Crippen molar-refractivity contribution in [2.75, 3.05) is 13.2 Å². The predicted molar refractivity (Wildman–Crippen MR) is 68.7 cm³/mol. The molecule has 0 saturated carbocycles. The van der Waals surface area contributed by atoms with E-state index in [1.807, 2.05) is 38.2 Å². The molecule has 1 saturated heterocycles. The van der Waals surface area contributed by atoms with Crippen LogP contribution in [0.4, 0.5) is 0 Å². The first-order valence-electron chi connectivity index (χ1n) is 6.50. The minimum absolute atomic E-state index is 0.150. The summed E-state index contributed by atoms with van der Waals surface area (Å²) in [6, 6.07) is 6.31. The molecule has 0 aromatic carbocycles. The van der Waals surface area contributed by atoms with E-state index in [-0.39, 0.29) is 18.4 Å². The standard InChI is InChI=1S/C13H21N3O2/c1-3-17-13(18-4-2)12-9-11(15-16-12)10-7-5-6-8-14-10/h5-8,11-13,15-16H,3-4,9H2,1-2H3. The molecule has 2 rings (SSSR count). The highest BCUT2D eigenvalue weighted by Crippen LogP contribution is 2.23. The minimum Gasteiger partial charge on any atom is -0.351 e. The van der Waals surface area contributed by atoms with Gasteiger partial charge >= 0.3 is 0 Å². The van der Waals surface area contributed by atoms with E-state index in [1.54, 1.807) is 0 Å². The topological polar surface area (TPSA) is 55.4 Å². The highest BCUT2D eigenvalue weighted by molar-refractivity contribution is 5.10. The summed E-state index contributed by atoms with van der Waals surface area (Å²) in [7, 11) is 0. The molecule has 18 heavy (non-hydrogen) atoms. The average molecular weight is 251 g/mol. The first-order chi connectivity index (χ1) is 8.85. The lowest BCUT2D eigenvalue weighted by Crippen LogP contribution is -2.42. The fourth-order valence-corrected chi connectivity index (χ4v) is 2.14. The maximum absolute atomic E-state index is 5.61. The molecular weight excluding hydrogens is 230 g/mol. The number of nitrogens with one attached hydrogen (secondary N) is 2. The van der Waals surface area contributed by atoms with Gasteiger partial charge in [0.2, 0.25) is 0 Å². The Kier molecular flexibility index (Phi) is 5.07. The summed E-state index contributed by atoms with van der Waals surface area (Å²) < 4.78 is 11.2. The van der Waals surface area contributed by atoms with Gasteiger partial charge in [0.1, 0.15) is 0 Å². The molecular formula is C13H21N3O2. The van der Waals surface area contributed by atoms with Crippen molar-refractivity contribution >= 4 is 0 Å². The second kappa shape index (κ2) is 6.80. The maximum atomic E-state index is 5.61. The molecule has 0 aliphatic carbocycles. The normalized spacial score (nSPS) is 23.7. The molecule has 1 aromatic heterocycles. The second-order valence-corrected chi connectivity index (χ2v) is 4.22. The van der Waals surface area contributed by atoms with E-state index in [1.165, 1.54) is 0 Å². The number of ether oxygens (including phenoxy) is 2. The van der Waals surface area contributed by atoms with Crippen LogP contribution in [0.15, 0.2) is 24.4 Å². The first kappa shape index (κ1) is 13.4. The van der Waals surface area contributed by atoms with E-state index in [0.29, 0.717) is 13.2 Å². The summed E-state index contributed by atoms with van der Waals surface area (Å²) in [5.74, 6) is 0. The first-order valence-corrected chi connectivity index (χ1v) is 6.50. The molecule has 0 bridgehead atoms. The molecule has 5 heteroatoms. The Hall–Kier alpha value is -1.01. The number of rotatable bonds is 6. The smallest absolute Gasteiger partial charge is 0.174 e.